The van der Waals surface area contributed by atoms with Crippen molar-refractivity contribution >= 4 is 29.2 Å². The second-order valence-corrected chi connectivity index (χ2v) is 6.63. The van der Waals surface area contributed by atoms with Gasteiger partial charge >= 0.3 is 5.97 Å². The Morgan fingerprint density at radius 1 is 1.25 bits per heavy atom. The maximum atomic E-state index is 12.5. The molecule has 0 aliphatic heterocycles. The molecule has 0 aliphatic carbocycles. The molecule has 0 saturated carbocycles. The van der Waals surface area contributed by atoms with E-state index in [1.165, 1.54) is 17.9 Å². The van der Waals surface area contributed by atoms with Crippen LogP contribution in [0.25, 0.3) is 0 Å². The molecule has 0 unspecified atom stereocenters. The lowest BCUT2D eigenvalue weighted by molar-refractivity contribution is 0.0686. The number of carboxylic acids is 1. The highest BCUT2D eigenvalue weighted by Crippen LogP contribution is 2.23. The number of carbonyl (C=O) groups is 2. The maximum absolute atomic E-state index is 12.5. The van der Waals surface area contributed by atoms with Crippen LogP contribution in [0.4, 0.5) is 5.69 Å². The Morgan fingerprint density at radius 3 is 2.75 bits per heavy atom. The molecule has 2 aromatic carbocycles. The summed E-state index contributed by atoms with van der Waals surface area (Å²) in [7, 11) is 1.50. The summed E-state index contributed by atoms with van der Waals surface area (Å²) in [4.78, 5) is 23.8. The lowest BCUT2D eigenvalue weighted by Crippen LogP contribution is -2.15. The largest absolute Gasteiger partial charge is 0.489 e. The Hall–Kier alpha value is -3.32. The average molecular weight is 400 g/mol. The second kappa shape index (κ2) is 8.14. The molecule has 2 N–H and O–H groups in total. The minimum atomic E-state index is -1.17. The van der Waals surface area contributed by atoms with Gasteiger partial charge < -0.3 is 15.2 Å². The average Bonchev–Trinajstić information content (AvgIpc) is 3.01. The number of ether oxygens (including phenoxy) is 1. The minimum absolute atomic E-state index is 0.0916. The van der Waals surface area contributed by atoms with Gasteiger partial charge in [0, 0.05) is 17.6 Å². The van der Waals surface area contributed by atoms with Gasteiger partial charge in [-0.1, -0.05) is 23.7 Å². The molecule has 0 spiro atoms. The zero-order valence-corrected chi connectivity index (χ0v) is 16.0. The monoisotopic (exact) mass is 399 g/mol. The zero-order chi connectivity index (χ0) is 20.3. The van der Waals surface area contributed by atoms with Gasteiger partial charge in [0.2, 0.25) is 0 Å². The van der Waals surface area contributed by atoms with Gasteiger partial charge in [-0.25, -0.2) is 4.79 Å². The number of amides is 1. The molecule has 0 aliphatic rings. The third-order valence-corrected chi connectivity index (χ3v) is 4.35. The van der Waals surface area contributed by atoms with Gasteiger partial charge in [-0.05, 0) is 48.4 Å². The Kier molecular flexibility index (Phi) is 5.65. The molecule has 0 fully saturated rings. The predicted octanol–water partition coefficient (Wildman–Crippen LogP) is 3.91. The first-order chi connectivity index (χ1) is 13.3. The summed E-state index contributed by atoms with van der Waals surface area (Å²) in [6, 6.07) is 12.3. The van der Waals surface area contributed by atoms with Crippen LogP contribution < -0.4 is 10.1 Å². The lowest BCUT2D eigenvalue weighted by atomic mass is 10.1. The van der Waals surface area contributed by atoms with Gasteiger partial charge in [-0.15, -0.1) is 0 Å². The summed E-state index contributed by atoms with van der Waals surface area (Å²) >= 11 is 5.95. The summed E-state index contributed by atoms with van der Waals surface area (Å²) in [5.41, 5.74) is 2.14. The Balaban J connectivity index is 1.72. The molecule has 0 bridgehead atoms. The number of hydrogen-bond donors (Lipinski definition) is 2. The second-order valence-electron chi connectivity index (χ2n) is 6.19. The quantitative estimate of drug-likeness (QED) is 0.655. The standard InChI is InChI=1S/C20H18ClN3O4/c1-12-8-15(21)6-7-17(12)28-11-13-4-3-5-14(9-13)19(25)23-16-10-22-24(2)18(16)20(26)27/h3-10H,11H2,1-2H3,(H,23,25)(H,26,27). The van der Waals surface area contributed by atoms with E-state index < -0.39 is 11.9 Å². The van der Waals surface area contributed by atoms with Crippen LogP contribution in [0.5, 0.6) is 5.75 Å². The first-order valence-electron chi connectivity index (χ1n) is 8.39. The van der Waals surface area contributed by atoms with Crippen molar-refractivity contribution in [1.29, 1.82) is 0 Å². The van der Waals surface area contributed by atoms with E-state index in [2.05, 4.69) is 10.4 Å². The fourth-order valence-corrected chi connectivity index (χ4v) is 2.94. The van der Waals surface area contributed by atoms with Crippen molar-refractivity contribution in [2.75, 3.05) is 5.32 Å². The van der Waals surface area contributed by atoms with Crippen LogP contribution in [0.3, 0.4) is 0 Å². The number of aromatic nitrogens is 2. The molecule has 0 atom stereocenters. The van der Waals surface area contributed by atoms with Crippen LogP contribution in [-0.2, 0) is 13.7 Å². The van der Waals surface area contributed by atoms with E-state index in [0.717, 1.165) is 11.1 Å². The summed E-state index contributed by atoms with van der Waals surface area (Å²) in [6.45, 7) is 2.18. The highest BCUT2D eigenvalue weighted by Gasteiger charge is 2.18. The summed E-state index contributed by atoms with van der Waals surface area (Å²) < 4.78 is 6.99. The number of nitrogens with zero attached hydrogens (tertiary/aromatic N) is 2. The molecule has 3 aromatic rings. The number of hydrogen-bond acceptors (Lipinski definition) is 4. The van der Waals surface area contributed by atoms with Crippen molar-refractivity contribution in [1.82, 2.24) is 9.78 Å². The molecule has 1 aromatic heterocycles. The van der Waals surface area contributed by atoms with E-state index >= 15 is 0 Å². The Labute approximate surface area is 166 Å². The molecular formula is C20H18ClN3O4. The number of aromatic carboxylic acids is 1. The number of anilines is 1. The van der Waals surface area contributed by atoms with Gasteiger partial charge in [-0.3, -0.25) is 9.48 Å². The SMILES string of the molecule is Cc1cc(Cl)ccc1OCc1cccc(C(=O)Nc2cnn(C)c2C(=O)O)c1. The van der Waals surface area contributed by atoms with Crippen LogP contribution in [0, 0.1) is 6.92 Å². The van der Waals surface area contributed by atoms with E-state index in [1.54, 1.807) is 30.3 Å². The summed E-state index contributed by atoms with van der Waals surface area (Å²) in [5.74, 6) is -0.892. The number of nitrogens with one attached hydrogen (secondary N) is 1. The molecule has 28 heavy (non-hydrogen) atoms. The molecule has 1 amide bonds. The molecule has 3 rings (SSSR count). The fraction of sp³-hybridized carbons (Fsp3) is 0.150. The number of benzene rings is 2. The number of aryl methyl sites for hydroxylation is 2. The van der Waals surface area contributed by atoms with E-state index in [1.807, 2.05) is 19.1 Å². The molecule has 8 heteroatoms. The van der Waals surface area contributed by atoms with Gasteiger partial charge in [-0.2, -0.15) is 5.10 Å². The third kappa shape index (κ3) is 4.32. The number of halogens is 1. The zero-order valence-electron chi connectivity index (χ0n) is 15.3. The van der Waals surface area contributed by atoms with E-state index in [4.69, 9.17) is 16.3 Å². The van der Waals surface area contributed by atoms with Crippen LogP contribution >= 0.6 is 11.6 Å². The first-order valence-corrected chi connectivity index (χ1v) is 8.77. The van der Waals surface area contributed by atoms with Crippen molar-refractivity contribution in [3.8, 4) is 5.75 Å². The molecule has 144 valence electrons. The van der Waals surface area contributed by atoms with E-state index in [-0.39, 0.29) is 18.0 Å². The number of rotatable bonds is 6. The lowest BCUT2D eigenvalue weighted by Gasteiger charge is -2.10. The van der Waals surface area contributed by atoms with Crippen LogP contribution in [-0.4, -0.2) is 26.8 Å². The van der Waals surface area contributed by atoms with Crippen molar-refractivity contribution in [3.63, 3.8) is 0 Å². The first kappa shape index (κ1) is 19.4. The molecular weight excluding hydrogens is 382 g/mol. The van der Waals surface area contributed by atoms with Crippen molar-refractivity contribution in [2.45, 2.75) is 13.5 Å². The van der Waals surface area contributed by atoms with Gasteiger partial charge in [0.1, 0.15) is 12.4 Å². The smallest absolute Gasteiger partial charge is 0.356 e. The minimum Gasteiger partial charge on any atom is -0.489 e. The topological polar surface area (TPSA) is 93.5 Å². The van der Waals surface area contributed by atoms with Gasteiger partial charge in [0.05, 0.1) is 11.9 Å². The van der Waals surface area contributed by atoms with Crippen LogP contribution in [0.2, 0.25) is 5.02 Å². The summed E-state index contributed by atoms with van der Waals surface area (Å²) in [5, 5.41) is 16.3. The van der Waals surface area contributed by atoms with E-state index in [9.17, 15) is 14.7 Å². The van der Waals surface area contributed by atoms with Crippen molar-refractivity contribution in [2.24, 2.45) is 7.05 Å². The normalized spacial score (nSPS) is 10.5. The molecule has 1 heterocycles. The van der Waals surface area contributed by atoms with E-state index in [0.29, 0.717) is 16.3 Å². The van der Waals surface area contributed by atoms with Crippen LogP contribution in [0.15, 0.2) is 48.7 Å². The van der Waals surface area contributed by atoms with Crippen LogP contribution in [0.1, 0.15) is 32.0 Å². The number of carboxylic acid groups (broad SMARTS) is 1. The molecule has 0 radical (unpaired) electrons. The van der Waals surface area contributed by atoms with Crippen molar-refractivity contribution in [3.05, 3.63) is 76.1 Å². The summed E-state index contributed by atoms with van der Waals surface area (Å²) in [6.07, 6.45) is 1.30. The molecule has 7 nitrogen and oxygen atoms in total. The van der Waals surface area contributed by atoms with Gasteiger partial charge in [0.15, 0.2) is 5.69 Å². The number of carbonyl (C=O) groups excluding carboxylic acids is 1. The van der Waals surface area contributed by atoms with Crippen molar-refractivity contribution < 1.29 is 19.4 Å². The predicted molar refractivity (Wildman–Crippen MR) is 105 cm³/mol. The maximum Gasteiger partial charge on any atom is 0.356 e. The Bertz CT molecular complexity index is 1050. The fourth-order valence-electron chi connectivity index (χ4n) is 2.72. The highest BCUT2D eigenvalue weighted by atomic mass is 35.5. The van der Waals surface area contributed by atoms with Gasteiger partial charge in [0.25, 0.3) is 5.91 Å². The third-order valence-electron chi connectivity index (χ3n) is 4.11. The molecule has 0 saturated heterocycles. The Morgan fingerprint density at radius 2 is 2.04 bits per heavy atom. The highest BCUT2D eigenvalue weighted by molar-refractivity contribution is 6.30.